The van der Waals surface area contributed by atoms with Crippen LogP contribution in [-0.4, -0.2) is 11.7 Å². The summed E-state index contributed by atoms with van der Waals surface area (Å²) in [6.07, 6.45) is -0.745. The topological polar surface area (TPSA) is 29.5 Å². The minimum Gasteiger partial charge on any atom is -0.487 e. The molecule has 5 heteroatoms. The molecule has 1 atom stereocenters. The van der Waals surface area contributed by atoms with Crippen molar-refractivity contribution in [2.24, 2.45) is 0 Å². The molecule has 0 spiro atoms. The van der Waals surface area contributed by atoms with Gasteiger partial charge in [0, 0.05) is 4.88 Å². The lowest BCUT2D eigenvalue weighted by molar-refractivity contribution is 0.108. The molecule has 2 rings (SSSR count). The SMILES string of the molecule is OC(COc1ccccc1F)c1ccc(Br)s1. The Hall–Kier alpha value is -0.910. The number of para-hydroxylation sites is 1. The van der Waals surface area contributed by atoms with E-state index in [4.69, 9.17) is 4.74 Å². The van der Waals surface area contributed by atoms with Gasteiger partial charge in [-0.2, -0.15) is 0 Å². The molecule has 0 saturated heterocycles. The summed E-state index contributed by atoms with van der Waals surface area (Å²) in [6, 6.07) is 9.80. The molecule has 1 heterocycles. The maximum atomic E-state index is 13.2. The number of thiophene rings is 1. The summed E-state index contributed by atoms with van der Waals surface area (Å²) >= 11 is 4.74. The van der Waals surface area contributed by atoms with E-state index in [2.05, 4.69) is 15.9 Å². The fourth-order valence-electron chi connectivity index (χ4n) is 1.32. The maximum absolute atomic E-state index is 13.2. The van der Waals surface area contributed by atoms with Crippen molar-refractivity contribution in [3.8, 4) is 5.75 Å². The lowest BCUT2D eigenvalue weighted by Gasteiger charge is -2.11. The maximum Gasteiger partial charge on any atom is 0.165 e. The molecule has 1 aromatic carbocycles. The van der Waals surface area contributed by atoms with Gasteiger partial charge in [0.25, 0.3) is 0 Å². The van der Waals surface area contributed by atoms with Gasteiger partial charge >= 0.3 is 0 Å². The predicted molar refractivity (Wildman–Crippen MR) is 68.9 cm³/mol. The minimum atomic E-state index is -0.745. The summed E-state index contributed by atoms with van der Waals surface area (Å²) in [5, 5.41) is 9.83. The van der Waals surface area contributed by atoms with Gasteiger partial charge in [-0.05, 0) is 40.2 Å². The fourth-order valence-corrected chi connectivity index (χ4v) is 2.71. The van der Waals surface area contributed by atoms with Crippen LogP contribution in [0, 0.1) is 5.82 Å². The highest BCUT2D eigenvalue weighted by atomic mass is 79.9. The fraction of sp³-hybridized carbons (Fsp3) is 0.167. The molecule has 2 aromatic rings. The van der Waals surface area contributed by atoms with E-state index in [0.29, 0.717) is 0 Å². The molecule has 2 nitrogen and oxygen atoms in total. The predicted octanol–water partition coefficient (Wildman–Crippen LogP) is 3.76. The van der Waals surface area contributed by atoms with E-state index < -0.39 is 11.9 Å². The molecule has 0 bridgehead atoms. The van der Waals surface area contributed by atoms with E-state index in [1.54, 1.807) is 12.1 Å². The second kappa shape index (κ2) is 5.62. The molecule has 90 valence electrons. The van der Waals surface area contributed by atoms with Crippen LogP contribution >= 0.6 is 27.3 Å². The molecular weight excluding hydrogens is 307 g/mol. The van der Waals surface area contributed by atoms with Gasteiger partial charge in [0.1, 0.15) is 12.7 Å². The first kappa shape index (κ1) is 12.5. The van der Waals surface area contributed by atoms with Crippen molar-refractivity contribution < 1.29 is 14.2 Å². The molecule has 0 amide bonds. The third kappa shape index (κ3) is 3.28. The van der Waals surface area contributed by atoms with Crippen molar-refractivity contribution in [2.75, 3.05) is 6.61 Å². The molecule has 0 aliphatic carbocycles. The molecular formula is C12H10BrFO2S. The zero-order valence-electron chi connectivity index (χ0n) is 8.77. The summed E-state index contributed by atoms with van der Waals surface area (Å²) in [5.74, 6) is -0.269. The molecule has 0 aliphatic rings. The average Bonchev–Trinajstić information content (AvgIpc) is 2.74. The Bertz CT molecular complexity index is 501. The van der Waals surface area contributed by atoms with Gasteiger partial charge in [0.2, 0.25) is 0 Å². The van der Waals surface area contributed by atoms with Gasteiger partial charge < -0.3 is 9.84 Å². The third-order valence-electron chi connectivity index (χ3n) is 2.16. The van der Waals surface area contributed by atoms with Gasteiger partial charge in [0.15, 0.2) is 11.6 Å². The van der Waals surface area contributed by atoms with Crippen LogP contribution in [0.3, 0.4) is 0 Å². The van der Waals surface area contributed by atoms with Crippen LogP contribution in [0.1, 0.15) is 11.0 Å². The van der Waals surface area contributed by atoms with Crippen molar-refractivity contribution in [1.29, 1.82) is 0 Å². The summed E-state index contributed by atoms with van der Waals surface area (Å²) < 4.78 is 19.4. The first-order valence-electron chi connectivity index (χ1n) is 4.97. The lowest BCUT2D eigenvalue weighted by Crippen LogP contribution is -2.08. The van der Waals surface area contributed by atoms with E-state index in [9.17, 15) is 9.50 Å². The van der Waals surface area contributed by atoms with Crippen molar-refractivity contribution in [2.45, 2.75) is 6.10 Å². The average molecular weight is 317 g/mol. The number of aliphatic hydroxyl groups excluding tert-OH is 1. The zero-order valence-corrected chi connectivity index (χ0v) is 11.2. The number of benzene rings is 1. The van der Waals surface area contributed by atoms with Crippen LogP contribution in [-0.2, 0) is 0 Å². The Kier molecular flexibility index (Phi) is 4.15. The van der Waals surface area contributed by atoms with Crippen LogP contribution in [0.2, 0.25) is 0 Å². The van der Waals surface area contributed by atoms with Crippen molar-refractivity contribution >= 4 is 27.3 Å². The van der Waals surface area contributed by atoms with Crippen LogP contribution in [0.4, 0.5) is 4.39 Å². The molecule has 0 saturated carbocycles. The van der Waals surface area contributed by atoms with Crippen LogP contribution in [0.25, 0.3) is 0 Å². The first-order chi connectivity index (χ1) is 8.16. The third-order valence-corrected chi connectivity index (χ3v) is 3.88. The van der Waals surface area contributed by atoms with E-state index >= 15 is 0 Å². The van der Waals surface area contributed by atoms with E-state index in [0.717, 1.165) is 8.66 Å². The van der Waals surface area contributed by atoms with Crippen LogP contribution in [0.5, 0.6) is 5.75 Å². The van der Waals surface area contributed by atoms with Crippen LogP contribution in [0.15, 0.2) is 40.2 Å². The number of hydrogen-bond acceptors (Lipinski definition) is 3. The Morgan fingerprint density at radius 1 is 1.29 bits per heavy atom. The normalized spacial score (nSPS) is 12.4. The van der Waals surface area contributed by atoms with E-state index in [-0.39, 0.29) is 12.4 Å². The molecule has 1 N–H and O–H groups in total. The van der Waals surface area contributed by atoms with Gasteiger partial charge in [-0.1, -0.05) is 12.1 Å². The number of hydrogen-bond donors (Lipinski definition) is 1. The second-order valence-electron chi connectivity index (χ2n) is 3.40. The molecule has 0 radical (unpaired) electrons. The smallest absolute Gasteiger partial charge is 0.165 e. The van der Waals surface area contributed by atoms with Crippen molar-refractivity contribution in [1.82, 2.24) is 0 Å². The monoisotopic (exact) mass is 316 g/mol. The Balaban J connectivity index is 1.97. The Morgan fingerprint density at radius 3 is 2.71 bits per heavy atom. The van der Waals surface area contributed by atoms with Gasteiger partial charge in [-0.25, -0.2) is 4.39 Å². The summed E-state index contributed by atoms with van der Waals surface area (Å²) in [7, 11) is 0. The second-order valence-corrected chi connectivity index (χ2v) is 5.89. The highest BCUT2D eigenvalue weighted by Gasteiger charge is 2.12. The Labute approximate surface area is 111 Å². The summed E-state index contributed by atoms with van der Waals surface area (Å²) in [4.78, 5) is 0.785. The highest BCUT2D eigenvalue weighted by molar-refractivity contribution is 9.11. The summed E-state index contributed by atoms with van der Waals surface area (Å²) in [6.45, 7) is 0.0356. The first-order valence-corrected chi connectivity index (χ1v) is 6.58. The van der Waals surface area contributed by atoms with Gasteiger partial charge in [0.05, 0.1) is 3.79 Å². The van der Waals surface area contributed by atoms with E-state index in [1.165, 1.54) is 23.5 Å². The molecule has 1 aromatic heterocycles. The van der Waals surface area contributed by atoms with E-state index in [1.807, 2.05) is 12.1 Å². The Morgan fingerprint density at radius 2 is 2.06 bits per heavy atom. The minimum absolute atomic E-state index is 0.0356. The molecule has 17 heavy (non-hydrogen) atoms. The number of halogens is 2. The van der Waals surface area contributed by atoms with Crippen LogP contribution < -0.4 is 4.74 Å². The number of rotatable bonds is 4. The van der Waals surface area contributed by atoms with Crippen molar-refractivity contribution in [3.05, 3.63) is 50.9 Å². The lowest BCUT2D eigenvalue weighted by atomic mass is 10.3. The molecule has 0 fully saturated rings. The van der Waals surface area contributed by atoms with Gasteiger partial charge in [-0.15, -0.1) is 11.3 Å². The highest BCUT2D eigenvalue weighted by Crippen LogP contribution is 2.28. The molecule has 1 unspecified atom stereocenters. The molecule has 0 aliphatic heterocycles. The quantitative estimate of drug-likeness (QED) is 0.930. The number of ether oxygens (including phenoxy) is 1. The summed E-state index contributed by atoms with van der Waals surface area (Å²) in [5.41, 5.74) is 0. The largest absolute Gasteiger partial charge is 0.487 e. The van der Waals surface area contributed by atoms with Gasteiger partial charge in [-0.3, -0.25) is 0 Å². The number of aliphatic hydroxyl groups is 1. The van der Waals surface area contributed by atoms with Crippen molar-refractivity contribution in [3.63, 3.8) is 0 Å². The zero-order chi connectivity index (χ0) is 12.3. The standard InChI is InChI=1S/C12H10BrFO2S/c13-12-6-5-11(17-12)9(15)7-16-10-4-2-1-3-8(10)14/h1-6,9,15H,7H2.